The molecule has 2 aromatic heterocycles. The third-order valence-electron chi connectivity index (χ3n) is 3.21. The van der Waals surface area contributed by atoms with E-state index in [9.17, 15) is 0 Å². The Morgan fingerprint density at radius 2 is 2.00 bits per heavy atom. The third kappa shape index (κ3) is 2.88. The fourth-order valence-electron chi connectivity index (χ4n) is 2.06. The molecule has 1 N–H and O–H groups in total. The minimum Gasteiger partial charge on any atom is -0.377 e. The molecule has 20 heavy (non-hydrogen) atoms. The van der Waals surface area contributed by atoms with E-state index in [0.29, 0.717) is 0 Å². The fourth-order valence-corrected chi connectivity index (χ4v) is 2.06. The van der Waals surface area contributed by atoms with Crippen LogP contribution in [-0.4, -0.2) is 19.3 Å². The Kier molecular flexibility index (Phi) is 3.50. The second kappa shape index (κ2) is 5.61. The van der Waals surface area contributed by atoms with Gasteiger partial charge in [-0.1, -0.05) is 30.3 Å². The predicted molar refractivity (Wildman–Crippen MR) is 78.3 cm³/mol. The molecule has 0 radical (unpaired) electrons. The summed E-state index contributed by atoms with van der Waals surface area (Å²) >= 11 is 0. The molecule has 0 aliphatic carbocycles. The summed E-state index contributed by atoms with van der Waals surface area (Å²) in [6.45, 7) is 1.53. The summed E-state index contributed by atoms with van der Waals surface area (Å²) in [5.41, 5.74) is 3.40. The molecular weight excluding hydrogens is 250 g/mol. The molecule has 0 saturated heterocycles. The van der Waals surface area contributed by atoms with Gasteiger partial charge < -0.3 is 9.88 Å². The number of aromatic nitrogens is 4. The smallest absolute Gasteiger partial charge is 0.0946 e. The van der Waals surface area contributed by atoms with Crippen molar-refractivity contribution >= 4 is 5.69 Å². The highest BCUT2D eigenvalue weighted by Crippen LogP contribution is 2.09. The van der Waals surface area contributed by atoms with Crippen molar-refractivity contribution in [2.75, 3.05) is 5.32 Å². The van der Waals surface area contributed by atoms with Crippen molar-refractivity contribution in [1.29, 1.82) is 0 Å². The molecule has 3 aromatic rings. The third-order valence-corrected chi connectivity index (χ3v) is 3.21. The Balaban J connectivity index is 1.61. The lowest BCUT2D eigenvalue weighted by atomic mass is 10.2. The zero-order chi connectivity index (χ0) is 13.8. The van der Waals surface area contributed by atoms with Crippen LogP contribution in [0.25, 0.3) is 0 Å². The second-order valence-corrected chi connectivity index (χ2v) is 4.76. The van der Waals surface area contributed by atoms with Gasteiger partial charge in [-0.3, -0.25) is 4.68 Å². The number of benzene rings is 1. The van der Waals surface area contributed by atoms with Crippen molar-refractivity contribution in [2.45, 2.75) is 13.1 Å². The molecule has 0 fully saturated rings. The van der Waals surface area contributed by atoms with Gasteiger partial charge in [0, 0.05) is 19.4 Å². The van der Waals surface area contributed by atoms with Crippen LogP contribution >= 0.6 is 0 Å². The molecule has 0 spiro atoms. The SMILES string of the molecule is Cn1cncc1CNc1cnn(Cc2ccccc2)c1. The maximum absolute atomic E-state index is 4.37. The average molecular weight is 267 g/mol. The lowest BCUT2D eigenvalue weighted by molar-refractivity contribution is 0.687. The number of hydrogen-bond donors (Lipinski definition) is 1. The van der Waals surface area contributed by atoms with Crippen LogP contribution < -0.4 is 5.32 Å². The van der Waals surface area contributed by atoms with Crippen LogP contribution in [0.15, 0.2) is 55.2 Å². The molecule has 102 valence electrons. The highest BCUT2D eigenvalue weighted by molar-refractivity contribution is 5.38. The number of nitrogens with zero attached hydrogens (tertiary/aromatic N) is 4. The summed E-state index contributed by atoms with van der Waals surface area (Å²) in [5.74, 6) is 0. The van der Waals surface area contributed by atoms with Crippen molar-refractivity contribution in [1.82, 2.24) is 19.3 Å². The monoisotopic (exact) mass is 267 g/mol. The molecule has 5 nitrogen and oxygen atoms in total. The van der Waals surface area contributed by atoms with Crippen LogP contribution in [0.3, 0.4) is 0 Å². The molecule has 1 aromatic carbocycles. The molecule has 0 aliphatic heterocycles. The van der Waals surface area contributed by atoms with E-state index in [1.165, 1.54) is 5.56 Å². The van der Waals surface area contributed by atoms with Crippen LogP contribution in [0.4, 0.5) is 5.69 Å². The first-order valence-electron chi connectivity index (χ1n) is 6.57. The molecule has 2 heterocycles. The van der Waals surface area contributed by atoms with E-state index >= 15 is 0 Å². The van der Waals surface area contributed by atoms with Gasteiger partial charge in [0.05, 0.1) is 37.0 Å². The van der Waals surface area contributed by atoms with Gasteiger partial charge in [0.15, 0.2) is 0 Å². The molecule has 0 unspecified atom stereocenters. The van der Waals surface area contributed by atoms with E-state index < -0.39 is 0 Å². The Hall–Kier alpha value is -2.56. The Labute approximate surface area is 117 Å². The molecule has 0 atom stereocenters. The summed E-state index contributed by atoms with van der Waals surface area (Å²) < 4.78 is 3.93. The zero-order valence-corrected chi connectivity index (χ0v) is 11.4. The minimum atomic E-state index is 0.744. The summed E-state index contributed by atoms with van der Waals surface area (Å²) in [6, 6.07) is 10.3. The summed E-state index contributed by atoms with van der Waals surface area (Å²) in [5, 5.41) is 7.72. The summed E-state index contributed by atoms with van der Waals surface area (Å²) in [6.07, 6.45) is 7.53. The van der Waals surface area contributed by atoms with Crippen LogP contribution in [0.5, 0.6) is 0 Å². The quantitative estimate of drug-likeness (QED) is 0.771. The molecule has 3 rings (SSSR count). The van der Waals surface area contributed by atoms with Crippen LogP contribution in [0.2, 0.25) is 0 Å². The highest BCUT2D eigenvalue weighted by Gasteiger charge is 2.01. The van der Waals surface area contributed by atoms with Gasteiger partial charge in [-0.2, -0.15) is 5.10 Å². The predicted octanol–water partition coefficient (Wildman–Crippen LogP) is 2.28. The van der Waals surface area contributed by atoms with E-state index in [0.717, 1.165) is 24.5 Å². The number of nitrogens with one attached hydrogen (secondary N) is 1. The largest absolute Gasteiger partial charge is 0.377 e. The van der Waals surface area contributed by atoms with E-state index in [-0.39, 0.29) is 0 Å². The molecule has 0 saturated carbocycles. The number of aryl methyl sites for hydroxylation is 1. The van der Waals surface area contributed by atoms with Gasteiger partial charge in [-0.25, -0.2) is 4.98 Å². The molecule has 0 aliphatic rings. The van der Waals surface area contributed by atoms with Crippen molar-refractivity contribution in [3.8, 4) is 0 Å². The first kappa shape index (κ1) is 12.5. The van der Waals surface area contributed by atoms with Gasteiger partial charge in [-0.15, -0.1) is 0 Å². The van der Waals surface area contributed by atoms with Crippen LogP contribution in [0, 0.1) is 0 Å². The Morgan fingerprint density at radius 3 is 2.75 bits per heavy atom. The van der Waals surface area contributed by atoms with Crippen molar-refractivity contribution in [2.24, 2.45) is 7.05 Å². The van der Waals surface area contributed by atoms with E-state index in [1.807, 2.05) is 53.1 Å². The van der Waals surface area contributed by atoms with Crippen molar-refractivity contribution in [3.05, 3.63) is 66.5 Å². The summed E-state index contributed by atoms with van der Waals surface area (Å²) in [4.78, 5) is 4.10. The van der Waals surface area contributed by atoms with Gasteiger partial charge in [0.1, 0.15) is 0 Å². The molecular formula is C15H17N5. The Bertz CT molecular complexity index is 668. The number of anilines is 1. The number of hydrogen-bond acceptors (Lipinski definition) is 3. The molecule has 5 heteroatoms. The molecule has 0 bridgehead atoms. The maximum Gasteiger partial charge on any atom is 0.0946 e. The second-order valence-electron chi connectivity index (χ2n) is 4.76. The Morgan fingerprint density at radius 1 is 1.15 bits per heavy atom. The maximum atomic E-state index is 4.37. The van der Waals surface area contributed by atoms with Gasteiger partial charge in [0.25, 0.3) is 0 Å². The van der Waals surface area contributed by atoms with E-state index in [1.54, 1.807) is 6.33 Å². The normalized spacial score (nSPS) is 10.7. The average Bonchev–Trinajstić information content (AvgIpc) is 3.07. The van der Waals surface area contributed by atoms with Gasteiger partial charge >= 0.3 is 0 Å². The van der Waals surface area contributed by atoms with Crippen molar-refractivity contribution < 1.29 is 0 Å². The summed E-state index contributed by atoms with van der Waals surface area (Å²) in [7, 11) is 1.99. The van der Waals surface area contributed by atoms with Crippen LogP contribution in [0.1, 0.15) is 11.3 Å². The van der Waals surface area contributed by atoms with Crippen LogP contribution in [-0.2, 0) is 20.1 Å². The standard InChI is InChI=1S/C15H17N5/c1-19-12-16-8-15(19)9-17-14-7-18-20(11-14)10-13-5-3-2-4-6-13/h2-8,11-12,17H,9-10H2,1H3. The molecule has 0 amide bonds. The first-order valence-corrected chi connectivity index (χ1v) is 6.57. The van der Waals surface area contributed by atoms with E-state index in [2.05, 4.69) is 27.5 Å². The topological polar surface area (TPSA) is 47.7 Å². The number of imidazole rings is 1. The lowest BCUT2D eigenvalue weighted by Gasteiger charge is -2.04. The van der Waals surface area contributed by atoms with Crippen molar-refractivity contribution in [3.63, 3.8) is 0 Å². The first-order chi connectivity index (χ1) is 9.81. The zero-order valence-electron chi connectivity index (χ0n) is 11.4. The van der Waals surface area contributed by atoms with Gasteiger partial charge in [-0.05, 0) is 5.56 Å². The lowest BCUT2D eigenvalue weighted by Crippen LogP contribution is -2.03. The minimum absolute atomic E-state index is 0.744. The van der Waals surface area contributed by atoms with Gasteiger partial charge in [0.2, 0.25) is 0 Å². The number of rotatable bonds is 5. The highest BCUT2D eigenvalue weighted by atomic mass is 15.3. The fraction of sp³-hybridized carbons (Fsp3) is 0.200. The van der Waals surface area contributed by atoms with E-state index in [4.69, 9.17) is 0 Å².